The highest BCUT2D eigenvalue weighted by Gasteiger charge is 2.36. The first kappa shape index (κ1) is 17.8. The Labute approximate surface area is 148 Å². The third-order valence-electron chi connectivity index (χ3n) is 5.21. The SMILES string of the molecule is O=C(CS[C@@H]1CCS(=O)(=O)C1)NCC1(c2ccccc2)CCCC1. The number of carbonyl (C=O) groups excluding carboxylic acids is 1. The zero-order valence-electron chi connectivity index (χ0n) is 13.9. The summed E-state index contributed by atoms with van der Waals surface area (Å²) in [5.41, 5.74) is 1.38. The van der Waals surface area contributed by atoms with E-state index in [0.29, 0.717) is 18.7 Å². The summed E-state index contributed by atoms with van der Waals surface area (Å²) in [5.74, 6) is 0.861. The molecule has 1 aromatic carbocycles. The molecule has 132 valence electrons. The second kappa shape index (κ2) is 7.48. The van der Waals surface area contributed by atoms with Gasteiger partial charge in [0.2, 0.25) is 5.91 Å². The Bertz CT molecular complexity index is 667. The number of carbonyl (C=O) groups is 1. The molecule has 1 amide bonds. The summed E-state index contributed by atoms with van der Waals surface area (Å²) < 4.78 is 22.9. The Kier molecular flexibility index (Phi) is 5.55. The molecule has 0 radical (unpaired) electrons. The van der Waals surface area contributed by atoms with Crippen molar-refractivity contribution < 1.29 is 13.2 Å². The minimum absolute atomic E-state index is 0.0199. The highest BCUT2D eigenvalue weighted by Crippen LogP contribution is 2.40. The van der Waals surface area contributed by atoms with Gasteiger partial charge in [-0.25, -0.2) is 8.42 Å². The van der Waals surface area contributed by atoms with Crippen molar-refractivity contribution in [2.75, 3.05) is 23.8 Å². The second-order valence-electron chi connectivity index (χ2n) is 6.97. The second-order valence-corrected chi connectivity index (χ2v) is 10.5. The fourth-order valence-electron chi connectivity index (χ4n) is 3.82. The fourth-order valence-corrected chi connectivity index (χ4v) is 7.29. The van der Waals surface area contributed by atoms with Crippen LogP contribution in [0.15, 0.2) is 30.3 Å². The van der Waals surface area contributed by atoms with E-state index in [-0.39, 0.29) is 28.1 Å². The molecule has 24 heavy (non-hydrogen) atoms. The van der Waals surface area contributed by atoms with Crippen LogP contribution in [0.2, 0.25) is 0 Å². The lowest BCUT2D eigenvalue weighted by Crippen LogP contribution is -2.39. The number of rotatable bonds is 6. The first-order chi connectivity index (χ1) is 11.5. The van der Waals surface area contributed by atoms with Crippen LogP contribution in [0.1, 0.15) is 37.7 Å². The molecular weight excluding hydrogens is 342 g/mol. The van der Waals surface area contributed by atoms with Gasteiger partial charge >= 0.3 is 0 Å². The lowest BCUT2D eigenvalue weighted by atomic mass is 9.79. The van der Waals surface area contributed by atoms with Crippen LogP contribution in [0, 0.1) is 0 Å². The molecule has 0 bridgehead atoms. The van der Waals surface area contributed by atoms with Crippen LogP contribution < -0.4 is 5.32 Å². The predicted octanol–water partition coefficient (Wildman–Crippen LogP) is 2.53. The molecule has 1 saturated carbocycles. The van der Waals surface area contributed by atoms with Crippen LogP contribution in [0.25, 0.3) is 0 Å². The van der Waals surface area contributed by atoms with E-state index in [0.717, 1.165) is 12.8 Å². The maximum absolute atomic E-state index is 12.2. The molecule has 1 N–H and O–H groups in total. The first-order valence-corrected chi connectivity index (χ1v) is 11.5. The van der Waals surface area contributed by atoms with Gasteiger partial charge in [-0.3, -0.25) is 4.79 Å². The van der Waals surface area contributed by atoms with Crippen molar-refractivity contribution in [1.29, 1.82) is 0 Å². The van der Waals surface area contributed by atoms with Crippen LogP contribution in [-0.4, -0.2) is 43.4 Å². The number of hydrogen-bond acceptors (Lipinski definition) is 4. The van der Waals surface area contributed by atoms with Gasteiger partial charge in [0.1, 0.15) is 0 Å². The van der Waals surface area contributed by atoms with E-state index in [1.54, 1.807) is 0 Å². The molecule has 0 spiro atoms. The third kappa shape index (κ3) is 4.33. The average Bonchev–Trinajstić information content (AvgIpc) is 3.19. The van der Waals surface area contributed by atoms with Crippen molar-refractivity contribution in [3.05, 3.63) is 35.9 Å². The number of thioether (sulfide) groups is 1. The Morgan fingerprint density at radius 3 is 2.54 bits per heavy atom. The summed E-state index contributed by atoms with van der Waals surface area (Å²) in [7, 11) is -2.87. The van der Waals surface area contributed by atoms with Gasteiger partial charge in [0.05, 0.1) is 17.3 Å². The lowest BCUT2D eigenvalue weighted by Gasteiger charge is -2.30. The Morgan fingerprint density at radius 1 is 1.21 bits per heavy atom. The van der Waals surface area contributed by atoms with Crippen molar-refractivity contribution in [1.82, 2.24) is 5.32 Å². The van der Waals surface area contributed by atoms with Crippen molar-refractivity contribution in [3.8, 4) is 0 Å². The zero-order valence-corrected chi connectivity index (χ0v) is 15.5. The van der Waals surface area contributed by atoms with E-state index in [1.165, 1.54) is 30.2 Å². The molecule has 1 aromatic rings. The van der Waals surface area contributed by atoms with Crippen molar-refractivity contribution in [3.63, 3.8) is 0 Å². The number of amides is 1. The van der Waals surface area contributed by atoms with E-state index in [1.807, 2.05) is 6.07 Å². The van der Waals surface area contributed by atoms with E-state index in [9.17, 15) is 13.2 Å². The molecule has 1 heterocycles. The van der Waals surface area contributed by atoms with Crippen LogP contribution in [-0.2, 0) is 20.0 Å². The summed E-state index contributed by atoms with van der Waals surface area (Å²) in [6.45, 7) is 0.680. The van der Waals surface area contributed by atoms with Crippen molar-refractivity contribution in [2.45, 2.75) is 42.8 Å². The van der Waals surface area contributed by atoms with Gasteiger partial charge in [0.15, 0.2) is 9.84 Å². The average molecular weight is 368 g/mol. The maximum Gasteiger partial charge on any atom is 0.230 e. The normalized spacial score (nSPS) is 24.8. The van der Waals surface area contributed by atoms with Gasteiger partial charge in [-0.05, 0) is 24.8 Å². The molecule has 0 unspecified atom stereocenters. The molecule has 2 aliphatic rings. The molecular formula is C18H25NO3S2. The summed E-state index contributed by atoms with van der Waals surface area (Å²) in [6, 6.07) is 10.5. The van der Waals surface area contributed by atoms with Crippen molar-refractivity contribution >= 4 is 27.5 Å². The van der Waals surface area contributed by atoms with Gasteiger partial charge in [0.25, 0.3) is 0 Å². The van der Waals surface area contributed by atoms with Gasteiger partial charge in [-0.15, -0.1) is 11.8 Å². The topological polar surface area (TPSA) is 63.2 Å². The molecule has 2 fully saturated rings. The summed E-state index contributed by atoms with van der Waals surface area (Å²) in [4.78, 5) is 12.2. The smallest absolute Gasteiger partial charge is 0.230 e. The Morgan fingerprint density at radius 2 is 1.92 bits per heavy atom. The predicted molar refractivity (Wildman–Crippen MR) is 99.1 cm³/mol. The van der Waals surface area contributed by atoms with Crippen LogP contribution in [0.4, 0.5) is 0 Å². The van der Waals surface area contributed by atoms with Gasteiger partial charge in [0, 0.05) is 17.2 Å². The quantitative estimate of drug-likeness (QED) is 0.839. The minimum atomic E-state index is -2.87. The van der Waals surface area contributed by atoms with E-state index in [2.05, 4.69) is 29.6 Å². The minimum Gasteiger partial charge on any atom is -0.354 e. The summed E-state index contributed by atoms with van der Waals surface area (Å²) in [5, 5.41) is 3.18. The molecule has 1 aliphatic heterocycles. The molecule has 3 rings (SSSR count). The van der Waals surface area contributed by atoms with Crippen LogP contribution in [0.5, 0.6) is 0 Å². The molecule has 1 atom stereocenters. The number of hydrogen-bond donors (Lipinski definition) is 1. The van der Waals surface area contributed by atoms with Crippen LogP contribution in [0.3, 0.4) is 0 Å². The third-order valence-corrected chi connectivity index (χ3v) is 8.49. The summed E-state index contributed by atoms with van der Waals surface area (Å²) >= 11 is 1.48. The fraction of sp³-hybridized carbons (Fsp3) is 0.611. The van der Waals surface area contributed by atoms with E-state index in [4.69, 9.17) is 0 Å². The molecule has 1 aliphatic carbocycles. The molecule has 4 nitrogen and oxygen atoms in total. The van der Waals surface area contributed by atoms with Gasteiger partial charge < -0.3 is 5.32 Å². The zero-order chi connectivity index (χ0) is 17.0. The first-order valence-electron chi connectivity index (χ1n) is 8.63. The number of nitrogens with one attached hydrogen (secondary N) is 1. The number of benzene rings is 1. The van der Waals surface area contributed by atoms with Crippen molar-refractivity contribution in [2.24, 2.45) is 0 Å². The summed E-state index contributed by atoms with van der Waals surface area (Å²) in [6.07, 6.45) is 5.32. The van der Waals surface area contributed by atoms with Gasteiger partial charge in [-0.2, -0.15) is 0 Å². The Balaban J connectivity index is 1.51. The largest absolute Gasteiger partial charge is 0.354 e. The monoisotopic (exact) mass is 367 g/mol. The molecule has 6 heteroatoms. The van der Waals surface area contributed by atoms with E-state index >= 15 is 0 Å². The molecule has 1 saturated heterocycles. The molecule has 0 aromatic heterocycles. The van der Waals surface area contributed by atoms with Crippen LogP contribution >= 0.6 is 11.8 Å². The lowest BCUT2D eigenvalue weighted by molar-refractivity contribution is -0.118. The highest BCUT2D eigenvalue weighted by molar-refractivity contribution is 8.02. The maximum atomic E-state index is 12.2. The highest BCUT2D eigenvalue weighted by atomic mass is 32.2. The van der Waals surface area contributed by atoms with Gasteiger partial charge in [-0.1, -0.05) is 43.2 Å². The van der Waals surface area contributed by atoms with E-state index < -0.39 is 9.84 Å². The Hall–Kier alpha value is -1.01. The standard InChI is InChI=1S/C18H25NO3S2/c20-17(12-23-16-8-11-24(21,22)13-16)19-14-18(9-4-5-10-18)15-6-2-1-3-7-15/h1-3,6-7,16H,4-5,8-14H2,(H,19,20)/t16-/m1/s1. The number of sulfone groups is 1.